The minimum atomic E-state index is -0.375. The van der Waals surface area contributed by atoms with Gasteiger partial charge in [0.2, 0.25) is 0 Å². The molecule has 2 aromatic rings. The van der Waals surface area contributed by atoms with Crippen LogP contribution in [0.2, 0.25) is 0 Å². The van der Waals surface area contributed by atoms with E-state index < -0.39 is 0 Å². The first-order chi connectivity index (χ1) is 9.20. The van der Waals surface area contributed by atoms with E-state index in [1.165, 1.54) is 11.6 Å². The predicted octanol–water partition coefficient (Wildman–Crippen LogP) is -0.310. The summed E-state index contributed by atoms with van der Waals surface area (Å²) in [5.74, 6) is 0.760. The number of aryl methyl sites for hydroxylation is 1. The molecule has 0 saturated heterocycles. The molecule has 0 aliphatic heterocycles. The van der Waals surface area contributed by atoms with E-state index in [4.69, 9.17) is 5.73 Å². The van der Waals surface area contributed by atoms with Crippen LogP contribution in [-0.4, -0.2) is 25.2 Å². The van der Waals surface area contributed by atoms with Crippen LogP contribution in [-0.2, 0) is 26.1 Å². The highest BCUT2D eigenvalue weighted by Crippen LogP contribution is 2.24. The van der Waals surface area contributed by atoms with Gasteiger partial charge in [0.05, 0.1) is 0 Å². The van der Waals surface area contributed by atoms with Crippen molar-refractivity contribution in [2.24, 2.45) is 19.8 Å². The van der Waals surface area contributed by atoms with Crippen molar-refractivity contribution in [3.63, 3.8) is 0 Å². The van der Waals surface area contributed by atoms with E-state index in [1.807, 2.05) is 25.3 Å². The third kappa shape index (κ3) is 1.98. The molecule has 0 aliphatic rings. The standard InChI is InChI=1S/C13H21N5O2/c1-13(2,3)11-15-9-8(18(11)7-6-14)10(19)17(5)12(20)16(9)4/h6-7,14H2,1-5H3. The van der Waals surface area contributed by atoms with Crippen LogP contribution in [0.15, 0.2) is 9.59 Å². The normalized spacial score (nSPS) is 12.3. The third-order valence-electron chi connectivity index (χ3n) is 3.37. The molecule has 0 fully saturated rings. The lowest BCUT2D eigenvalue weighted by molar-refractivity contribution is 0.505. The predicted molar refractivity (Wildman–Crippen MR) is 78.0 cm³/mol. The lowest BCUT2D eigenvalue weighted by atomic mass is 9.95. The summed E-state index contributed by atoms with van der Waals surface area (Å²) in [5.41, 5.74) is 5.55. The molecule has 2 heterocycles. The largest absolute Gasteiger partial charge is 0.332 e. The van der Waals surface area contributed by atoms with Crippen molar-refractivity contribution in [2.45, 2.75) is 32.7 Å². The van der Waals surface area contributed by atoms with Crippen LogP contribution in [0.5, 0.6) is 0 Å². The van der Waals surface area contributed by atoms with Gasteiger partial charge in [-0.15, -0.1) is 0 Å². The number of imidazole rings is 1. The summed E-state index contributed by atoms with van der Waals surface area (Å²) < 4.78 is 4.33. The molecule has 0 saturated carbocycles. The molecule has 0 radical (unpaired) electrons. The number of fused-ring (bicyclic) bond motifs is 1. The summed E-state index contributed by atoms with van der Waals surface area (Å²) in [6.45, 7) is 6.95. The van der Waals surface area contributed by atoms with Crippen LogP contribution < -0.4 is 17.0 Å². The van der Waals surface area contributed by atoms with Gasteiger partial charge >= 0.3 is 5.69 Å². The second-order valence-electron chi connectivity index (χ2n) is 6.00. The van der Waals surface area contributed by atoms with Crippen LogP contribution in [0, 0.1) is 0 Å². The van der Waals surface area contributed by atoms with Crippen LogP contribution >= 0.6 is 0 Å². The van der Waals surface area contributed by atoms with Crippen LogP contribution in [0.3, 0.4) is 0 Å². The first kappa shape index (κ1) is 14.5. The fraction of sp³-hybridized carbons (Fsp3) is 0.615. The molecule has 7 nitrogen and oxygen atoms in total. The molecule has 0 amide bonds. The third-order valence-corrected chi connectivity index (χ3v) is 3.37. The Morgan fingerprint density at radius 1 is 1.15 bits per heavy atom. The molecule has 0 atom stereocenters. The summed E-state index contributed by atoms with van der Waals surface area (Å²) in [7, 11) is 3.09. The fourth-order valence-corrected chi connectivity index (χ4v) is 2.37. The van der Waals surface area contributed by atoms with Gasteiger partial charge in [0.25, 0.3) is 5.56 Å². The Labute approximate surface area is 116 Å². The smallest absolute Gasteiger partial charge is 0.329 e. The average Bonchev–Trinajstić information content (AvgIpc) is 2.74. The molecule has 7 heteroatoms. The highest BCUT2D eigenvalue weighted by atomic mass is 16.2. The van der Waals surface area contributed by atoms with E-state index in [0.29, 0.717) is 24.3 Å². The van der Waals surface area contributed by atoms with E-state index in [0.717, 1.165) is 10.4 Å². The number of nitrogens with zero attached hydrogens (tertiary/aromatic N) is 4. The van der Waals surface area contributed by atoms with Gasteiger partial charge in [-0.1, -0.05) is 20.8 Å². The number of rotatable bonds is 2. The Morgan fingerprint density at radius 2 is 1.75 bits per heavy atom. The molecule has 0 bridgehead atoms. The van der Waals surface area contributed by atoms with Gasteiger partial charge in [-0.25, -0.2) is 9.78 Å². The van der Waals surface area contributed by atoms with Crippen LogP contribution in [0.4, 0.5) is 0 Å². The fourth-order valence-electron chi connectivity index (χ4n) is 2.37. The molecule has 0 spiro atoms. The first-order valence-electron chi connectivity index (χ1n) is 6.57. The molecule has 2 rings (SSSR count). The van der Waals surface area contributed by atoms with Gasteiger partial charge in [-0.2, -0.15) is 0 Å². The maximum Gasteiger partial charge on any atom is 0.332 e. The zero-order valence-corrected chi connectivity index (χ0v) is 12.6. The summed E-state index contributed by atoms with van der Waals surface area (Å²) >= 11 is 0. The molecular weight excluding hydrogens is 258 g/mol. The summed E-state index contributed by atoms with van der Waals surface area (Å²) in [6.07, 6.45) is 0. The number of hydrogen-bond donors (Lipinski definition) is 1. The van der Waals surface area contributed by atoms with Crippen molar-refractivity contribution in [1.29, 1.82) is 0 Å². The van der Waals surface area contributed by atoms with Crippen molar-refractivity contribution in [2.75, 3.05) is 6.54 Å². The minimum Gasteiger partial charge on any atom is -0.329 e. The second kappa shape index (κ2) is 4.59. The zero-order chi connectivity index (χ0) is 15.2. The van der Waals surface area contributed by atoms with E-state index >= 15 is 0 Å². The molecule has 2 aromatic heterocycles. The second-order valence-corrected chi connectivity index (χ2v) is 6.00. The molecule has 0 aromatic carbocycles. The Kier molecular flexibility index (Phi) is 3.33. The SMILES string of the molecule is Cn1c(=O)c2c(nc(C(C)(C)C)n2CCN)n(C)c1=O. The first-order valence-corrected chi connectivity index (χ1v) is 6.57. The quantitative estimate of drug-likeness (QED) is 0.817. The minimum absolute atomic E-state index is 0.241. The summed E-state index contributed by atoms with van der Waals surface area (Å²) in [4.78, 5) is 28.9. The number of hydrogen-bond acceptors (Lipinski definition) is 4. The molecule has 0 aliphatic carbocycles. The van der Waals surface area contributed by atoms with E-state index in [2.05, 4.69) is 4.98 Å². The topological polar surface area (TPSA) is 87.8 Å². The highest BCUT2D eigenvalue weighted by Gasteiger charge is 2.26. The van der Waals surface area contributed by atoms with Gasteiger partial charge in [-0.3, -0.25) is 13.9 Å². The van der Waals surface area contributed by atoms with Crippen molar-refractivity contribution in [1.82, 2.24) is 18.7 Å². The lowest BCUT2D eigenvalue weighted by Gasteiger charge is -2.19. The molecule has 2 N–H and O–H groups in total. The maximum atomic E-state index is 12.4. The Balaban J connectivity index is 3.04. The van der Waals surface area contributed by atoms with Gasteiger partial charge in [0, 0.05) is 32.6 Å². The monoisotopic (exact) mass is 279 g/mol. The average molecular weight is 279 g/mol. The van der Waals surface area contributed by atoms with Gasteiger partial charge in [0.15, 0.2) is 11.2 Å². The lowest BCUT2D eigenvalue weighted by Crippen LogP contribution is -2.37. The number of nitrogens with two attached hydrogens (primary N) is 1. The Morgan fingerprint density at radius 3 is 2.25 bits per heavy atom. The van der Waals surface area contributed by atoms with Crippen molar-refractivity contribution in [3.8, 4) is 0 Å². The highest BCUT2D eigenvalue weighted by molar-refractivity contribution is 5.71. The molecular formula is C13H21N5O2. The van der Waals surface area contributed by atoms with E-state index in [9.17, 15) is 9.59 Å². The Hall–Kier alpha value is -1.89. The molecule has 0 unspecified atom stereocenters. The van der Waals surface area contributed by atoms with E-state index in [-0.39, 0.29) is 16.7 Å². The molecule has 110 valence electrons. The van der Waals surface area contributed by atoms with Crippen molar-refractivity contribution < 1.29 is 0 Å². The van der Waals surface area contributed by atoms with Crippen molar-refractivity contribution >= 4 is 11.2 Å². The summed E-state index contributed by atoms with van der Waals surface area (Å²) in [6, 6.07) is 0. The van der Waals surface area contributed by atoms with E-state index in [1.54, 1.807) is 7.05 Å². The van der Waals surface area contributed by atoms with Crippen LogP contribution in [0.25, 0.3) is 11.2 Å². The maximum absolute atomic E-state index is 12.4. The van der Waals surface area contributed by atoms with Crippen LogP contribution in [0.1, 0.15) is 26.6 Å². The summed E-state index contributed by atoms with van der Waals surface area (Å²) in [5, 5.41) is 0. The zero-order valence-electron chi connectivity index (χ0n) is 12.6. The molecule has 20 heavy (non-hydrogen) atoms. The Bertz CT molecular complexity index is 773. The number of aromatic nitrogens is 4. The van der Waals surface area contributed by atoms with Crippen molar-refractivity contribution in [3.05, 3.63) is 26.7 Å². The van der Waals surface area contributed by atoms with Gasteiger partial charge in [-0.05, 0) is 0 Å². The van der Waals surface area contributed by atoms with Gasteiger partial charge in [0.1, 0.15) is 5.82 Å². The van der Waals surface area contributed by atoms with Gasteiger partial charge < -0.3 is 10.3 Å².